The van der Waals surface area contributed by atoms with Gasteiger partial charge < -0.3 is 15.5 Å². The number of hydrogen-bond acceptors (Lipinski definition) is 3. The predicted octanol–water partition coefficient (Wildman–Crippen LogP) is 1.13. The fourth-order valence-corrected chi connectivity index (χ4v) is 2.02. The molecule has 1 fully saturated rings. The highest BCUT2D eigenvalue weighted by atomic mass is 19.3. The second-order valence-electron chi connectivity index (χ2n) is 4.79. The fourth-order valence-electron chi connectivity index (χ4n) is 2.02. The smallest absolute Gasteiger partial charge is 0.349 e. The predicted molar refractivity (Wildman–Crippen MR) is 68.8 cm³/mol. The Morgan fingerprint density at radius 3 is 2.21 bits per heavy atom. The molecular formula is C13H17F2N3O. The zero-order valence-electron chi connectivity index (χ0n) is 10.8. The molecule has 6 heteroatoms. The molecule has 0 radical (unpaired) electrons. The van der Waals surface area contributed by atoms with Gasteiger partial charge in [-0.1, -0.05) is 12.1 Å². The number of carbonyl (C=O) groups excluding carboxylic acids is 1. The molecule has 0 saturated carbocycles. The summed E-state index contributed by atoms with van der Waals surface area (Å²) in [4.78, 5) is 15.2. The van der Waals surface area contributed by atoms with Crippen molar-refractivity contribution in [3.63, 3.8) is 0 Å². The van der Waals surface area contributed by atoms with Gasteiger partial charge in [0.2, 0.25) is 0 Å². The number of likely N-dealkylation sites (N-methyl/N-ethyl adjacent to an activating group) is 1. The molecule has 1 saturated heterocycles. The van der Waals surface area contributed by atoms with Crippen molar-refractivity contribution in [3.05, 3.63) is 29.8 Å². The molecule has 1 heterocycles. The number of rotatable bonds is 2. The summed E-state index contributed by atoms with van der Waals surface area (Å²) in [5.41, 5.74) is 5.54. The fraction of sp³-hybridized carbons (Fsp3) is 0.462. The largest absolute Gasteiger partial charge is 0.399 e. The Balaban J connectivity index is 2.14. The third kappa shape index (κ3) is 2.84. The third-order valence-corrected chi connectivity index (χ3v) is 3.33. The molecule has 104 valence electrons. The van der Waals surface area contributed by atoms with E-state index in [-0.39, 0.29) is 5.56 Å². The van der Waals surface area contributed by atoms with E-state index in [1.165, 1.54) is 29.2 Å². The number of halogens is 2. The topological polar surface area (TPSA) is 49.6 Å². The van der Waals surface area contributed by atoms with E-state index in [4.69, 9.17) is 5.73 Å². The highest BCUT2D eigenvalue weighted by molar-refractivity contribution is 5.85. The molecule has 1 aromatic carbocycles. The Bertz CT molecular complexity index is 453. The molecule has 0 spiro atoms. The number of alkyl halides is 2. The molecule has 2 rings (SSSR count). The minimum Gasteiger partial charge on any atom is -0.399 e. The van der Waals surface area contributed by atoms with E-state index in [1.807, 2.05) is 11.9 Å². The summed E-state index contributed by atoms with van der Waals surface area (Å²) in [7, 11) is 1.90. The van der Waals surface area contributed by atoms with Crippen LogP contribution >= 0.6 is 0 Å². The molecule has 0 aromatic heterocycles. The van der Waals surface area contributed by atoms with Crippen LogP contribution in [0.15, 0.2) is 24.3 Å². The molecule has 1 aliphatic heterocycles. The zero-order valence-corrected chi connectivity index (χ0v) is 10.8. The summed E-state index contributed by atoms with van der Waals surface area (Å²) in [5, 5.41) is 0. The molecule has 1 aromatic rings. The third-order valence-electron chi connectivity index (χ3n) is 3.33. The van der Waals surface area contributed by atoms with E-state index in [0.29, 0.717) is 31.9 Å². The van der Waals surface area contributed by atoms with E-state index < -0.39 is 11.8 Å². The molecule has 19 heavy (non-hydrogen) atoms. The number of amides is 1. The van der Waals surface area contributed by atoms with Gasteiger partial charge in [-0.05, 0) is 19.2 Å². The highest BCUT2D eigenvalue weighted by Gasteiger charge is 2.44. The van der Waals surface area contributed by atoms with E-state index in [9.17, 15) is 13.6 Å². The van der Waals surface area contributed by atoms with Crippen LogP contribution < -0.4 is 5.73 Å². The van der Waals surface area contributed by atoms with Gasteiger partial charge in [-0.25, -0.2) is 0 Å². The minimum atomic E-state index is -3.50. The standard InChI is InChI=1S/C13H17F2N3O/c1-17-6-8-18(9-7-17)12(19)13(14,15)10-2-4-11(16)5-3-10/h2-5H,6-9,16H2,1H3. The molecule has 0 aliphatic carbocycles. The summed E-state index contributed by atoms with van der Waals surface area (Å²) in [6.45, 7) is 1.90. The van der Waals surface area contributed by atoms with E-state index >= 15 is 0 Å². The summed E-state index contributed by atoms with van der Waals surface area (Å²) < 4.78 is 28.2. The van der Waals surface area contributed by atoms with Crippen molar-refractivity contribution in [1.82, 2.24) is 9.80 Å². The molecule has 4 nitrogen and oxygen atoms in total. The summed E-state index contributed by atoms with van der Waals surface area (Å²) in [6, 6.07) is 5.15. The van der Waals surface area contributed by atoms with Gasteiger partial charge in [0.25, 0.3) is 5.91 Å². The lowest BCUT2D eigenvalue weighted by Gasteiger charge is -2.34. The molecule has 1 amide bonds. The first-order valence-electron chi connectivity index (χ1n) is 6.13. The van der Waals surface area contributed by atoms with Gasteiger partial charge in [-0.15, -0.1) is 0 Å². The first-order chi connectivity index (χ1) is 8.91. The van der Waals surface area contributed by atoms with Crippen LogP contribution in [-0.4, -0.2) is 48.9 Å². The maximum absolute atomic E-state index is 14.1. The van der Waals surface area contributed by atoms with Crippen molar-refractivity contribution in [2.45, 2.75) is 5.92 Å². The number of piperazine rings is 1. The Hall–Kier alpha value is -1.69. The van der Waals surface area contributed by atoms with Crippen molar-refractivity contribution in [2.24, 2.45) is 0 Å². The maximum atomic E-state index is 14.1. The van der Waals surface area contributed by atoms with Crippen molar-refractivity contribution in [3.8, 4) is 0 Å². The lowest BCUT2D eigenvalue weighted by atomic mass is 10.1. The van der Waals surface area contributed by atoms with Crippen LogP contribution in [0.4, 0.5) is 14.5 Å². The number of benzene rings is 1. The molecule has 0 unspecified atom stereocenters. The Kier molecular flexibility index (Phi) is 3.71. The van der Waals surface area contributed by atoms with Gasteiger partial charge in [0.1, 0.15) is 0 Å². The van der Waals surface area contributed by atoms with Crippen LogP contribution in [0.3, 0.4) is 0 Å². The molecule has 1 aliphatic rings. The Morgan fingerprint density at radius 2 is 1.68 bits per heavy atom. The van der Waals surface area contributed by atoms with Crippen LogP contribution in [-0.2, 0) is 10.7 Å². The number of anilines is 1. The minimum absolute atomic E-state index is 0.314. The lowest BCUT2D eigenvalue weighted by molar-refractivity contribution is -0.160. The Morgan fingerprint density at radius 1 is 1.16 bits per heavy atom. The van der Waals surface area contributed by atoms with Crippen LogP contribution in [0.2, 0.25) is 0 Å². The SMILES string of the molecule is CN1CCN(C(=O)C(F)(F)c2ccc(N)cc2)CC1. The van der Waals surface area contributed by atoms with Crippen LogP contribution in [0.5, 0.6) is 0 Å². The van der Waals surface area contributed by atoms with Gasteiger partial charge in [-0.2, -0.15) is 8.78 Å². The first-order valence-corrected chi connectivity index (χ1v) is 6.13. The summed E-state index contributed by atoms with van der Waals surface area (Å²) in [5.74, 6) is -4.63. The number of carbonyl (C=O) groups is 1. The monoisotopic (exact) mass is 269 g/mol. The molecule has 2 N–H and O–H groups in total. The van der Waals surface area contributed by atoms with Gasteiger partial charge in [-0.3, -0.25) is 4.79 Å². The second-order valence-corrected chi connectivity index (χ2v) is 4.79. The average molecular weight is 269 g/mol. The second kappa shape index (κ2) is 5.13. The number of hydrogen-bond donors (Lipinski definition) is 1. The number of nitrogen functional groups attached to an aromatic ring is 1. The summed E-state index contributed by atoms with van der Waals surface area (Å²) >= 11 is 0. The van der Waals surface area contributed by atoms with E-state index in [2.05, 4.69) is 0 Å². The van der Waals surface area contributed by atoms with Crippen LogP contribution in [0.1, 0.15) is 5.56 Å². The first kappa shape index (κ1) is 13.7. The quantitative estimate of drug-likeness (QED) is 0.819. The summed E-state index contributed by atoms with van der Waals surface area (Å²) in [6.07, 6.45) is 0. The zero-order chi connectivity index (χ0) is 14.0. The maximum Gasteiger partial charge on any atom is 0.349 e. The normalized spacial score (nSPS) is 17.5. The molecular weight excluding hydrogens is 252 g/mol. The van der Waals surface area contributed by atoms with Crippen molar-refractivity contribution < 1.29 is 13.6 Å². The van der Waals surface area contributed by atoms with Crippen LogP contribution in [0.25, 0.3) is 0 Å². The van der Waals surface area contributed by atoms with Gasteiger partial charge in [0.05, 0.1) is 0 Å². The van der Waals surface area contributed by atoms with Crippen molar-refractivity contribution in [1.29, 1.82) is 0 Å². The molecule has 0 bridgehead atoms. The Labute approximate surface area is 110 Å². The van der Waals surface area contributed by atoms with Crippen molar-refractivity contribution in [2.75, 3.05) is 39.0 Å². The van der Waals surface area contributed by atoms with Crippen molar-refractivity contribution >= 4 is 11.6 Å². The van der Waals surface area contributed by atoms with E-state index in [1.54, 1.807) is 0 Å². The average Bonchev–Trinajstić information content (AvgIpc) is 2.39. The number of nitrogens with zero attached hydrogens (tertiary/aromatic N) is 2. The van der Waals surface area contributed by atoms with Gasteiger partial charge in [0.15, 0.2) is 0 Å². The van der Waals surface area contributed by atoms with Gasteiger partial charge in [0, 0.05) is 37.4 Å². The lowest BCUT2D eigenvalue weighted by Crippen LogP contribution is -2.51. The van der Waals surface area contributed by atoms with E-state index in [0.717, 1.165) is 0 Å². The highest BCUT2D eigenvalue weighted by Crippen LogP contribution is 2.31. The number of nitrogens with two attached hydrogens (primary N) is 1. The van der Waals surface area contributed by atoms with Gasteiger partial charge >= 0.3 is 5.92 Å². The van der Waals surface area contributed by atoms with Crippen LogP contribution in [0, 0.1) is 0 Å². The molecule has 0 atom stereocenters.